The van der Waals surface area contributed by atoms with Crippen LogP contribution in [0, 0.1) is 17.3 Å². The first-order valence-corrected chi connectivity index (χ1v) is 7.14. The summed E-state index contributed by atoms with van der Waals surface area (Å²) in [5, 5.41) is 11.4. The van der Waals surface area contributed by atoms with Crippen molar-refractivity contribution in [2.24, 2.45) is 17.3 Å². The number of carbonyl (C=O) groups excluding carboxylic acids is 2. The average molecular weight is 338 g/mol. The number of carboxylic acids is 1. The van der Waals surface area contributed by atoms with Gasteiger partial charge in [0.2, 0.25) is 11.8 Å². The maximum absolute atomic E-state index is 12.9. The Bertz CT molecular complexity index is 499. The fraction of sp³-hybridized carbons (Fsp3) is 0.786. The van der Waals surface area contributed by atoms with Gasteiger partial charge in [-0.3, -0.25) is 14.4 Å². The molecule has 6 nitrogen and oxygen atoms in total. The van der Waals surface area contributed by atoms with Crippen molar-refractivity contribution >= 4 is 17.8 Å². The number of alkyl halides is 3. The lowest BCUT2D eigenvalue weighted by atomic mass is 9.95. The minimum Gasteiger partial charge on any atom is -0.481 e. The highest BCUT2D eigenvalue weighted by atomic mass is 19.4. The zero-order valence-electron chi connectivity index (χ0n) is 13.4. The Morgan fingerprint density at radius 2 is 1.70 bits per heavy atom. The first kappa shape index (κ1) is 19.2. The van der Waals surface area contributed by atoms with Gasteiger partial charge in [-0.2, -0.15) is 13.2 Å². The molecule has 0 aromatic carbocycles. The van der Waals surface area contributed by atoms with E-state index in [4.69, 9.17) is 5.11 Å². The van der Waals surface area contributed by atoms with Crippen molar-refractivity contribution < 1.29 is 32.7 Å². The van der Waals surface area contributed by atoms with Crippen LogP contribution in [0.25, 0.3) is 0 Å². The second kappa shape index (κ2) is 6.37. The Hall–Kier alpha value is -1.80. The van der Waals surface area contributed by atoms with Gasteiger partial charge in [-0.05, 0) is 6.92 Å². The van der Waals surface area contributed by atoms with E-state index in [9.17, 15) is 27.6 Å². The number of carbonyl (C=O) groups is 3. The Morgan fingerprint density at radius 3 is 2.04 bits per heavy atom. The number of aliphatic carboxylic acids is 1. The molecule has 1 fully saturated rings. The molecule has 0 aliphatic carbocycles. The molecule has 0 bridgehead atoms. The van der Waals surface area contributed by atoms with Crippen molar-refractivity contribution in [2.45, 2.75) is 39.9 Å². The van der Waals surface area contributed by atoms with Crippen LogP contribution in [-0.4, -0.2) is 53.1 Å². The number of rotatable bonds is 3. The Morgan fingerprint density at radius 1 is 1.17 bits per heavy atom. The zero-order valence-corrected chi connectivity index (χ0v) is 13.4. The Labute approximate surface area is 132 Å². The first-order chi connectivity index (χ1) is 10.2. The normalized spacial score (nSPS) is 23.5. The van der Waals surface area contributed by atoms with Crippen LogP contribution in [0.2, 0.25) is 0 Å². The molecule has 0 saturated carbocycles. The summed E-state index contributed by atoms with van der Waals surface area (Å²) < 4.78 is 38.7. The maximum atomic E-state index is 12.9. The molecule has 0 radical (unpaired) electrons. The van der Waals surface area contributed by atoms with Crippen molar-refractivity contribution in [3.63, 3.8) is 0 Å². The Balaban J connectivity index is 2.82. The number of nitrogens with zero attached hydrogens (tertiary/aromatic N) is 1. The first-order valence-electron chi connectivity index (χ1n) is 7.14. The minimum absolute atomic E-state index is 0.417. The third-order valence-corrected chi connectivity index (χ3v) is 3.77. The summed E-state index contributed by atoms with van der Waals surface area (Å²) in [4.78, 5) is 35.9. The fourth-order valence-electron chi connectivity index (χ4n) is 2.31. The minimum atomic E-state index is -4.70. The van der Waals surface area contributed by atoms with E-state index in [2.05, 4.69) is 5.32 Å². The number of nitrogens with one attached hydrogen (secondary N) is 1. The third kappa shape index (κ3) is 4.59. The SMILES string of the molecule is CC(NC(=O)C(C)(C)C)C(=O)N1C[C@@H](C(F)(F)F)[C@H](C(=O)O)C1. The van der Waals surface area contributed by atoms with Gasteiger partial charge in [0.1, 0.15) is 6.04 Å². The van der Waals surface area contributed by atoms with Crippen LogP contribution in [0.5, 0.6) is 0 Å². The maximum Gasteiger partial charge on any atom is 0.394 e. The zero-order chi connectivity index (χ0) is 18.2. The highest BCUT2D eigenvalue weighted by Crippen LogP contribution is 2.37. The summed E-state index contributed by atoms with van der Waals surface area (Å²) in [5.41, 5.74) is -0.752. The van der Waals surface area contributed by atoms with Crippen molar-refractivity contribution in [3.05, 3.63) is 0 Å². The van der Waals surface area contributed by atoms with Crippen molar-refractivity contribution in [1.82, 2.24) is 10.2 Å². The average Bonchev–Trinajstić information content (AvgIpc) is 2.81. The smallest absolute Gasteiger partial charge is 0.394 e. The van der Waals surface area contributed by atoms with Gasteiger partial charge in [0.25, 0.3) is 0 Å². The predicted octanol–water partition coefficient (Wildman–Crippen LogP) is 1.26. The lowest BCUT2D eigenvalue weighted by Crippen LogP contribution is -2.49. The van der Waals surface area contributed by atoms with Crippen LogP contribution in [0.15, 0.2) is 0 Å². The second-order valence-electron chi connectivity index (χ2n) is 6.78. The predicted molar refractivity (Wildman–Crippen MR) is 74.3 cm³/mol. The van der Waals surface area contributed by atoms with Crippen molar-refractivity contribution in [2.75, 3.05) is 13.1 Å². The van der Waals surface area contributed by atoms with Gasteiger partial charge >= 0.3 is 12.1 Å². The third-order valence-electron chi connectivity index (χ3n) is 3.77. The summed E-state index contributed by atoms with van der Waals surface area (Å²) in [6, 6.07) is -1.02. The fourth-order valence-corrected chi connectivity index (χ4v) is 2.31. The van der Waals surface area contributed by atoms with Crippen molar-refractivity contribution in [1.29, 1.82) is 0 Å². The molecule has 1 aliphatic rings. The van der Waals surface area contributed by atoms with Crippen molar-refractivity contribution in [3.8, 4) is 0 Å². The van der Waals surface area contributed by atoms with Crippen LogP contribution in [0.4, 0.5) is 13.2 Å². The van der Waals surface area contributed by atoms with Crippen LogP contribution < -0.4 is 5.32 Å². The Kier molecular flexibility index (Phi) is 5.33. The van der Waals surface area contributed by atoms with E-state index in [-0.39, 0.29) is 0 Å². The summed E-state index contributed by atoms with van der Waals surface area (Å²) in [6.07, 6.45) is -4.70. The quantitative estimate of drug-likeness (QED) is 0.811. The molecular formula is C14H21F3N2O4. The van der Waals surface area contributed by atoms with E-state index in [0.29, 0.717) is 0 Å². The lowest BCUT2D eigenvalue weighted by Gasteiger charge is -2.25. The topological polar surface area (TPSA) is 86.7 Å². The summed E-state index contributed by atoms with van der Waals surface area (Å²) in [6.45, 7) is 5.03. The summed E-state index contributed by atoms with van der Waals surface area (Å²) >= 11 is 0. The molecule has 0 aromatic rings. The standard InChI is InChI=1S/C14H21F3N2O4/c1-7(18-12(23)13(2,3)4)10(20)19-5-8(11(21)22)9(6-19)14(15,16)17/h7-9H,5-6H2,1-4H3,(H,18,23)(H,21,22)/t7?,8-,9-/m1/s1. The number of hydrogen-bond acceptors (Lipinski definition) is 3. The van der Waals surface area contributed by atoms with Gasteiger partial charge in [0.05, 0.1) is 11.8 Å². The molecule has 0 spiro atoms. The number of halogens is 3. The van der Waals surface area contributed by atoms with Gasteiger partial charge < -0.3 is 15.3 Å². The molecule has 23 heavy (non-hydrogen) atoms. The molecule has 2 amide bonds. The molecule has 1 aliphatic heterocycles. The molecule has 1 heterocycles. The molecular weight excluding hydrogens is 317 g/mol. The molecule has 3 atom stereocenters. The molecule has 2 N–H and O–H groups in total. The number of carboxylic acid groups (broad SMARTS) is 1. The molecule has 1 rings (SSSR count). The lowest BCUT2D eigenvalue weighted by molar-refractivity contribution is -0.188. The molecule has 9 heteroatoms. The largest absolute Gasteiger partial charge is 0.481 e. The molecule has 1 unspecified atom stereocenters. The van der Waals surface area contributed by atoms with Crippen LogP contribution >= 0.6 is 0 Å². The monoisotopic (exact) mass is 338 g/mol. The van der Waals surface area contributed by atoms with Gasteiger partial charge in [-0.25, -0.2) is 0 Å². The van der Waals surface area contributed by atoms with Crippen LogP contribution in [-0.2, 0) is 14.4 Å². The second-order valence-corrected chi connectivity index (χ2v) is 6.78. The summed E-state index contributed by atoms with van der Waals surface area (Å²) in [5.74, 6) is -6.52. The van der Waals surface area contributed by atoms with E-state index in [1.165, 1.54) is 6.92 Å². The molecule has 0 aromatic heterocycles. The van der Waals surface area contributed by atoms with Gasteiger partial charge in [0, 0.05) is 18.5 Å². The molecule has 1 saturated heterocycles. The van der Waals surface area contributed by atoms with Gasteiger partial charge in [-0.1, -0.05) is 20.8 Å². The number of hydrogen-bond donors (Lipinski definition) is 2. The van der Waals surface area contributed by atoms with Crippen LogP contribution in [0.1, 0.15) is 27.7 Å². The summed E-state index contributed by atoms with van der Waals surface area (Å²) in [7, 11) is 0. The van der Waals surface area contributed by atoms with Crippen LogP contribution in [0.3, 0.4) is 0 Å². The molecule has 132 valence electrons. The van der Waals surface area contributed by atoms with E-state index < -0.39 is 60.3 Å². The van der Waals surface area contributed by atoms with E-state index >= 15 is 0 Å². The van der Waals surface area contributed by atoms with E-state index in [0.717, 1.165) is 4.90 Å². The van der Waals surface area contributed by atoms with Gasteiger partial charge in [-0.15, -0.1) is 0 Å². The highest BCUT2D eigenvalue weighted by molar-refractivity contribution is 5.89. The van der Waals surface area contributed by atoms with E-state index in [1.807, 2.05) is 0 Å². The van der Waals surface area contributed by atoms with Gasteiger partial charge in [0.15, 0.2) is 0 Å². The van der Waals surface area contributed by atoms with E-state index in [1.54, 1.807) is 20.8 Å². The highest BCUT2D eigenvalue weighted by Gasteiger charge is 2.53. The number of likely N-dealkylation sites (tertiary alicyclic amines) is 1. The number of amides is 2.